The molecule has 3 amide bonds. The molecule has 0 bridgehead atoms. The Hall–Kier alpha value is -3.24. The summed E-state index contributed by atoms with van der Waals surface area (Å²) >= 11 is 5.99. The van der Waals surface area contributed by atoms with Crippen LogP contribution in [-0.2, 0) is 0 Å². The Kier molecular flexibility index (Phi) is 6.02. The van der Waals surface area contributed by atoms with E-state index in [9.17, 15) is 9.59 Å². The Bertz CT molecular complexity index is 933. The molecule has 2 aromatic carbocycles. The number of benzene rings is 2. The number of halogens is 1. The van der Waals surface area contributed by atoms with Gasteiger partial charge in [-0.25, -0.2) is 4.79 Å². The maximum atomic E-state index is 12.6. The largest absolute Gasteiger partial charge is 0.497 e. The minimum atomic E-state index is -0.269. The first-order chi connectivity index (χ1) is 13.5. The fourth-order valence-electron chi connectivity index (χ4n) is 2.94. The van der Waals surface area contributed by atoms with Crippen molar-refractivity contribution in [1.29, 1.82) is 5.26 Å². The molecule has 3 rings (SSSR count). The number of rotatable bonds is 3. The van der Waals surface area contributed by atoms with Crippen LogP contribution in [0.5, 0.6) is 5.75 Å². The molecule has 0 unspecified atom stereocenters. The molecule has 1 aliphatic rings. The molecule has 1 heterocycles. The molecule has 0 atom stereocenters. The highest BCUT2D eigenvalue weighted by molar-refractivity contribution is 6.32. The van der Waals surface area contributed by atoms with E-state index in [4.69, 9.17) is 21.6 Å². The van der Waals surface area contributed by atoms with Gasteiger partial charge in [0.1, 0.15) is 11.8 Å². The molecule has 1 fully saturated rings. The van der Waals surface area contributed by atoms with Crippen LogP contribution in [0.15, 0.2) is 42.5 Å². The maximum Gasteiger partial charge on any atom is 0.321 e. The lowest BCUT2D eigenvalue weighted by atomic mass is 10.1. The molecule has 0 aliphatic carbocycles. The van der Waals surface area contributed by atoms with Gasteiger partial charge < -0.3 is 19.9 Å². The van der Waals surface area contributed by atoms with Gasteiger partial charge in [0.2, 0.25) is 0 Å². The number of nitrogens with zero attached hydrogens (tertiary/aromatic N) is 3. The van der Waals surface area contributed by atoms with Crippen molar-refractivity contribution >= 4 is 29.2 Å². The number of anilines is 1. The lowest BCUT2D eigenvalue weighted by molar-refractivity contribution is 0.0671. The van der Waals surface area contributed by atoms with Gasteiger partial charge in [0.25, 0.3) is 5.91 Å². The van der Waals surface area contributed by atoms with Crippen LogP contribution >= 0.6 is 11.6 Å². The van der Waals surface area contributed by atoms with Crippen LogP contribution in [0.4, 0.5) is 10.5 Å². The fraction of sp³-hybridized carbons (Fsp3) is 0.250. The zero-order valence-corrected chi connectivity index (χ0v) is 16.1. The number of amides is 3. The highest BCUT2D eigenvalue weighted by Crippen LogP contribution is 2.21. The topological polar surface area (TPSA) is 85.7 Å². The highest BCUT2D eigenvalue weighted by atomic mass is 35.5. The zero-order valence-electron chi connectivity index (χ0n) is 15.3. The van der Waals surface area contributed by atoms with Gasteiger partial charge in [-0.05, 0) is 36.4 Å². The summed E-state index contributed by atoms with van der Waals surface area (Å²) in [5.41, 5.74) is 1.43. The molecule has 0 radical (unpaired) electrons. The SMILES string of the molecule is COc1cccc(C(=O)N2CCN(C(=O)Nc3ccc(C#N)c(Cl)c3)CC2)c1. The molecule has 1 aliphatic heterocycles. The molecule has 28 heavy (non-hydrogen) atoms. The van der Waals surface area contributed by atoms with E-state index in [2.05, 4.69) is 5.32 Å². The van der Waals surface area contributed by atoms with E-state index in [0.29, 0.717) is 48.7 Å². The third kappa shape index (κ3) is 4.35. The van der Waals surface area contributed by atoms with Gasteiger partial charge in [-0.3, -0.25) is 4.79 Å². The number of urea groups is 1. The number of ether oxygens (including phenoxy) is 1. The number of piperazine rings is 1. The second kappa shape index (κ2) is 8.63. The van der Waals surface area contributed by atoms with Gasteiger partial charge in [0, 0.05) is 37.4 Å². The summed E-state index contributed by atoms with van der Waals surface area (Å²) in [6, 6.07) is 13.5. The van der Waals surface area contributed by atoms with Crippen molar-refractivity contribution in [3.63, 3.8) is 0 Å². The third-order valence-corrected chi connectivity index (χ3v) is 4.82. The molecule has 8 heteroatoms. The monoisotopic (exact) mass is 398 g/mol. The first-order valence-corrected chi connectivity index (χ1v) is 9.08. The summed E-state index contributed by atoms with van der Waals surface area (Å²) < 4.78 is 5.16. The Morgan fingerprint density at radius 1 is 1.11 bits per heavy atom. The molecule has 2 aromatic rings. The first-order valence-electron chi connectivity index (χ1n) is 8.70. The van der Waals surface area contributed by atoms with E-state index in [1.165, 1.54) is 0 Å². The van der Waals surface area contributed by atoms with Gasteiger partial charge >= 0.3 is 6.03 Å². The van der Waals surface area contributed by atoms with Gasteiger partial charge in [-0.15, -0.1) is 0 Å². The Morgan fingerprint density at radius 3 is 2.46 bits per heavy atom. The molecule has 7 nitrogen and oxygen atoms in total. The van der Waals surface area contributed by atoms with E-state index in [0.717, 1.165) is 0 Å². The molecule has 1 saturated heterocycles. The second-order valence-electron chi connectivity index (χ2n) is 6.25. The summed E-state index contributed by atoms with van der Waals surface area (Å²) in [5, 5.41) is 12.0. The molecule has 1 N–H and O–H groups in total. The summed E-state index contributed by atoms with van der Waals surface area (Å²) in [7, 11) is 1.56. The maximum absolute atomic E-state index is 12.6. The zero-order chi connectivity index (χ0) is 20.1. The third-order valence-electron chi connectivity index (χ3n) is 4.51. The van der Waals surface area contributed by atoms with Crippen LogP contribution in [-0.4, -0.2) is 55.0 Å². The van der Waals surface area contributed by atoms with E-state index in [1.54, 1.807) is 59.4 Å². The molecule has 0 aromatic heterocycles. The van der Waals surface area contributed by atoms with Crippen molar-refractivity contribution in [2.45, 2.75) is 0 Å². The van der Waals surface area contributed by atoms with E-state index >= 15 is 0 Å². The van der Waals surface area contributed by atoms with Gasteiger partial charge in [-0.2, -0.15) is 5.26 Å². The van der Waals surface area contributed by atoms with Crippen molar-refractivity contribution in [3.05, 3.63) is 58.6 Å². The van der Waals surface area contributed by atoms with E-state index < -0.39 is 0 Å². The number of nitriles is 1. The van der Waals surface area contributed by atoms with E-state index in [-0.39, 0.29) is 17.0 Å². The number of hydrogen-bond acceptors (Lipinski definition) is 4. The first kappa shape index (κ1) is 19.5. The summed E-state index contributed by atoms with van der Waals surface area (Å²) in [4.78, 5) is 28.5. The van der Waals surface area contributed by atoms with Crippen molar-refractivity contribution in [2.75, 3.05) is 38.6 Å². The molecular weight excluding hydrogens is 380 g/mol. The quantitative estimate of drug-likeness (QED) is 0.860. The molecule has 0 saturated carbocycles. The molecule has 0 spiro atoms. The summed E-state index contributed by atoms with van der Waals surface area (Å²) in [6.07, 6.45) is 0. The number of carbonyl (C=O) groups is 2. The van der Waals surface area contributed by atoms with Crippen LogP contribution < -0.4 is 10.1 Å². The fourth-order valence-corrected chi connectivity index (χ4v) is 3.16. The minimum Gasteiger partial charge on any atom is -0.497 e. The van der Waals surface area contributed by atoms with Gasteiger partial charge in [-0.1, -0.05) is 17.7 Å². The molecule has 144 valence electrons. The van der Waals surface area contributed by atoms with Crippen molar-refractivity contribution in [3.8, 4) is 11.8 Å². The lowest BCUT2D eigenvalue weighted by Gasteiger charge is -2.34. The predicted octanol–water partition coefficient (Wildman–Crippen LogP) is 3.21. The van der Waals surface area contributed by atoms with Crippen LogP contribution in [0.2, 0.25) is 5.02 Å². The number of methoxy groups -OCH3 is 1. The minimum absolute atomic E-state index is 0.0853. The Labute approximate surface area is 168 Å². The normalized spacial score (nSPS) is 13.6. The summed E-state index contributed by atoms with van der Waals surface area (Å²) in [5.74, 6) is 0.544. The predicted molar refractivity (Wildman–Crippen MR) is 106 cm³/mol. The summed E-state index contributed by atoms with van der Waals surface area (Å²) in [6.45, 7) is 1.73. The van der Waals surface area contributed by atoms with Crippen LogP contribution in [0.25, 0.3) is 0 Å². The lowest BCUT2D eigenvalue weighted by Crippen LogP contribution is -2.51. The average Bonchev–Trinajstić information content (AvgIpc) is 2.73. The van der Waals surface area contributed by atoms with Gasteiger partial charge in [0.15, 0.2) is 0 Å². The average molecular weight is 399 g/mol. The van der Waals surface area contributed by atoms with Crippen LogP contribution in [0, 0.1) is 11.3 Å². The van der Waals surface area contributed by atoms with Crippen LogP contribution in [0.3, 0.4) is 0 Å². The van der Waals surface area contributed by atoms with Crippen molar-refractivity contribution in [1.82, 2.24) is 9.80 Å². The van der Waals surface area contributed by atoms with Crippen LogP contribution in [0.1, 0.15) is 15.9 Å². The highest BCUT2D eigenvalue weighted by Gasteiger charge is 2.25. The van der Waals surface area contributed by atoms with Gasteiger partial charge in [0.05, 0.1) is 17.7 Å². The van der Waals surface area contributed by atoms with E-state index in [1.807, 2.05) is 6.07 Å². The smallest absolute Gasteiger partial charge is 0.321 e. The number of carbonyl (C=O) groups excluding carboxylic acids is 2. The Balaban J connectivity index is 1.57. The second-order valence-corrected chi connectivity index (χ2v) is 6.65. The number of hydrogen-bond donors (Lipinski definition) is 1. The standard InChI is InChI=1S/C20H19ClN4O3/c1-28-17-4-2-3-14(11-17)19(26)24-7-9-25(10-8-24)20(27)23-16-6-5-15(13-22)18(21)12-16/h2-6,11-12H,7-10H2,1H3,(H,23,27). The van der Waals surface area contributed by atoms with Crippen molar-refractivity contribution in [2.24, 2.45) is 0 Å². The van der Waals surface area contributed by atoms with Crippen molar-refractivity contribution < 1.29 is 14.3 Å². The molecular formula is C20H19ClN4O3. The Morgan fingerprint density at radius 2 is 1.82 bits per heavy atom. The number of nitrogens with one attached hydrogen (secondary N) is 1.